The zero-order valence-electron chi connectivity index (χ0n) is 17.6. The van der Waals surface area contributed by atoms with Gasteiger partial charge in [0.05, 0.1) is 12.2 Å². The maximum atomic E-state index is 14.1. The van der Waals surface area contributed by atoms with Crippen LogP contribution in [0.25, 0.3) is 0 Å². The zero-order valence-corrected chi connectivity index (χ0v) is 17.6. The van der Waals surface area contributed by atoms with Gasteiger partial charge in [0.25, 0.3) is 11.8 Å². The number of carbonyl (C=O) groups excluding carboxylic acids is 2. The third kappa shape index (κ3) is 4.88. The number of anilines is 2. The van der Waals surface area contributed by atoms with Crippen LogP contribution in [0.4, 0.5) is 15.8 Å². The SMILES string of the molecule is CCc1cccc(OCC(=O)Nc2ccc3c(c2)N(Cc2ccccc2F)C(=O)CO3)c1. The molecule has 0 aliphatic carbocycles. The molecule has 1 heterocycles. The molecule has 32 heavy (non-hydrogen) atoms. The maximum absolute atomic E-state index is 14.1. The van der Waals surface area contributed by atoms with E-state index in [1.54, 1.807) is 42.5 Å². The molecule has 0 bridgehead atoms. The van der Waals surface area contributed by atoms with Crippen LogP contribution < -0.4 is 19.7 Å². The standard InChI is InChI=1S/C25H23FN2O4/c1-2-17-6-5-8-20(12-17)31-15-24(29)27-19-10-11-23-22(13-19)28(25(30)16-32-23)14-18-7-3-4-9-21(18)26/h3-13H,2,14-16H2,1H3,(H,27,29). The van der Waals surface area contributed by atoms with Gasteiger partial charge in [-0.05, 0) is 48.4 Å². The van der Waals surface area contributed by atoms with E-state index in [1.807, 2.05) is 25.1 Å². The van der Waals surface area contributed by atoms with E-state index in [9.17, 15) is 14.0 Å². The first kappa shape index (κ1) is 21.4. The van der Waals surface area contributed by atoms with Crippen molar-refractivity contribution in [1.29, 1.82) is 0 Å². The predicted molar refractivity (Wildman–Crippen MR) is 119 cm³/mol. The Hall–Kier alpha value is -3.87. The Morgan fingerprint density at radius 2 is 1.97 bits per heavy atom. The van der Waals surface area contributed by atoms with Crippen molar-refractivity contribution in [2.24, 2.45) is 0 Å². The van der Waals surface area contributed by atoms with Gasteiger partial charge in [-0.15, -0.1) is 0 Å². The quantitative estimate of drug-likeness (QED) is 0.601. The summed E-state index contributed by atoms with van der Waals surface area (Å²) in [6, 6.07) is 18.9. The van der Waals surface area contributed by atoms with Crippen LogP contribution in [-0.4, -0.2) is 25.0 Å². The van der Waals surface area contributed by atoms with Crippen molar-refractivity contribution in [2.75, 3.05) is 23.4 Å². The van der Waals surface area contributed by atoms with E-state index in [-0.39, 0.29) is 37.4 Å². The van der Waals surface area contributed by atoms with E-state index in [0.29, 0.717) is 28.4 Å². The average molecular weight is 434 g/mol. The molecule has 0 fully saturated rings. The summed E-state index contributed by atoms with van der Waals surface area (Å²) >= 11 is 0. The van der Waals surface area contributed by atoms with Crippen LogP contribution in [0.15, 0.2) is 66.7 Å². The fraction of sp³-hybridized carbons (Fsp3) is 0.200. The van der Waals surface area contributed by atoms with E-state index in [4.69, 9.17) is 9.47 Å². The molecule has 1 aliphatic heterocycles. The third-order valence-corrected chi connectivity index (χ3v) is 5.15. The fourth-order valence-corrected chi connectivity index (χ4v) is 3.45. The molecule has 164 valence electrons. The Kier molecular flexibility index (Phi) is 6.35. The Balaban J connectivity index is 1.47. The number of aryl methyl sites for hydroxylation is 1. The molecular weight excluding hydrogens is 411 g/mol. The minimum atomic E-state index is -0.387. The number of amides is 2. The predicted octanol–water partition coefficient (Wildman–Crippen LogP) is 4.33. The number of fused-ring (bicyclic) bond motifs is 1. The Morgan fingerprint density at radius 3 is 2.78 bits per heavy atom. The maximum Gasteiger partial charge on any atom is 0.265 e. The molecule has 0 spiro atoms. The molecule has 3 aromatic rings. The summed E-state index contributed by atoms with van der Waals surface area (Å²) in [4.78, 5) is 26.3. The van der Waals surface area contributed by atoms with E-state index in [0.717, 1.165) is 12.0 Å². The zero-order chi connectivity index (χ0) is 22.5. The second kappa shape index (κ2) is 9.51. The second-order valence-corrected chi connectivity index (χ2v) is 7.38. The van der Waals surface area contributed by atoms with Gasteiger partial charge in [-0.2, -0.15) is 0 Å². The molecule has 4 rings (SSSR count). The van der Waals surface area contributed by atoms with E-state index < -0.39 is 0 Å². The number of rotatable bonds is 7. The third-order valence-electron chi connectivity index (χ3n) is 5.15. The number of benzene rings is 3. The van der Waals surface area contributed by atoms with Crippen LogP contribution in [0.1, 0.15) is 18.1 Å². The number of hydrogen-bond donors (Lipinski definition) is 1. The van der Waals surface area contributed by atoms with Gasteiger partial charge in [0.1, 0.15) is 17.3 Å². The lowest BCUT2D eigenvalue weighted by Gasteiger charge is -2.30. The Labute approximate surface area is 185 Å². The molecule has 0 saturated carbocycles. The molecule has 6 nitrogen and oxygen atoms in total. The van der Waals surface area contributed by atoms with Crippen LogP contribution in [0.2, 0.25) is 0 Å². The summed E-state index contributed by atoms with van der Waals surface area (Å²) in [5.74, 6) is 0.104. The number of ether oxygens (including phenoxy) is 2. The Bertz CT molecular complexity index is 1150. The summed E-state index contributed by atoms with van der Waals surface area (Å²) in [6.07, 6.45) is 0.878. The van der Waals surface area contributed by atoms with Gasteiger partial charge in [-0.3, -0.25) is 9.59 Å². The van der Waals surface area contributed by atoms with Gasteiger partial charge in [0, 0.05) is 11.3 Å². The topological polar surface area (TPSA) is 67.9 Å². The minimum absolute atomic E-state index is 0.0656. The van der Waals surface area contributed by atoms with Crippen LogP contribution in [0.5, 0.6) is 11.5 Å². The molecule has 1 aliphatic rings. The van der Waals surface area contributed by atoms with Gasteiger partial charge < -0.3 is 19.7 Å². The summed E-state index contributed by atoms with van der Waals surface area (Å²) < 4.78 is 25.2. The molecule has 7 heteroatoms. The summed E-state index contributed by atoms with van der Waals surface area (Å²) in [6.45, 7) is 1.83. The van der Waals surface area contributed by atoms with Crippen LogP contribution in [0, 0.1) is 5.82 Å². The number of halogens is 1. The van der Waals surface area contributed by atoms with Crippen molar-refractivity contribution in [3.8, 4) is 11.5 Å². The molecular formula is C25H23FN2O4. The first-order valence-corrected chi connectivity index (χ1v) is 10.4. The Morgan fingerprint density at radius 1 is 1.12 bits per heavy atom. The summed E-state index contributed by atoms with van der Waals surface area (Å²) in [5.41, 5.74) is 2.47. The molecule has 0 aromatic heterocycles. The highest BCUT2D eigenvalue weighted by Crippen LogP contribution is 2.35. The number of carbonyl (C=O) groups is 2. The highest BCUT2D eigenvalue weighted by molar-refractivity contribution is 5.99. The monoisotopic (exact) mass is 434 g/mol. The van der Waals surface area contributed by atoms with Crippen molar-refractivity contribution < 1.29 is 23.5 Å². The van der Waals surface area contributed by atoms with Crippen LogP contribution in [-0.2, 0) is 22.6 Å². The van der Waals surface area contributed by atoms with Crippen molar-refractivity contribution in [3.05, 3.63) is 83.7 Å². The largest absolute Gasteiger partial charge is 0.484 e. The second-order valence-electron chi connectivity index (χ2n) is 7.38. The highest BCUT2D eigenvalue weighted by Gasteiger charge is 2.27. The van der Waals surface area contributed by atoms with E-state index in [2.05, 4.69) is 5.32 Å². The van der Waals surface area contributed by atoms with Crippen LogP contribution in [0.3, 0.4) is 0 Å². The van der Waals surface area contributed by atoms with E-state index in [1.165, 1.54) is 11.0 Å². The molecule has 0 atom stereocenters. The smallest absolute Gasteiger partial charge is 0.265 e. The van der Waals surface area contributed by atoms with E-state index >= 15 is 0 Å². The number of nitrogens with one attached hydrogen (secondary N) is 1. The first-order valence-electron chi connectivity index (χ1n) is 10.4. The fourth-order valence-electron chi connectivity index (χ4n) is 3.45. The first-order chi connectivity index (χ1) is 15.5. The van der Waals surface area contributed by atoms with Crippen molar-refractivity contribution in [3.63, 3.8) is 0 Å². The lowest BCUT2D eigenvalue weighted by Crippen LogP contribution is -2.38. The van der Waals surface area contributed by atoms with Gasteiger partial charge in [-0.1, -0.05) is 37.3 Å². The van der Waals surface area contributed by atoms with Crippen molar-refractivity contribution in [2.45, 2.75) is 19.9 Å². The van der Waals surface area contributed by atoms with Gasteiger partial charge in [0.2, 0.25) is 0 Å². The molecule has 3 aromatic carbocycles. The number of nitrogens with zero attached hydrogens (tertiary/aromatic N) is 1. The lowest BCUT2D eigenvalue weighted by atomic mass is 10.1. The molecule has 0 unspecified atom stereocenters. The van der Waals surface area contributed by atoms with Gasteiger partial charge in [-0.25, -0.2) is 4.39 Å². The normalized spacial score (nSPS) is 12.7. The molecule has 2 amide bonds. The van der Waals surface area contributed by atoms with Crippen molar-refractivity contribution >= 4 is 23.2 Å². The summed E-state index contributed by atoms with van der Waals surface area (Å²) in [5, 5.41) is 2.77. The molecule has 0 saturated heterocycles. The molecule has 0 radical (unpaired) electrons. The van der Waals surface area contributed by atoms with Crippen molar-refractivity contribution in [1.82, 2.24) is 0 Å². The highest BCUT2D eigenvalue weighted by atomic mass is 19.1. The summed E-state index contributed by atoms with van der Waals surface area (Å²) in [7, 11) is 0. The number of hydrogen-bond acceptors (Lipinski definition) is 4. The lowest BCUT2D eigenvalue weighted by molar-refractivity contribution is -0.121. The molecule has 1 N–H and O–H groups in total. The average Bonchev–Trinajstić information content (AvgIpc) is 2.81. The minimum Gasteiger partial charge on any atom is -0.484 e. The van der Waals surface area contributed by atoms with Crippen LogP contribution >= 0.6 is 0 Å². The van der Waals surface area contributed by atoms with Gasteiger partial charge in [0.15, 0.2) is 13.2 Å². The van der Waals surface area contributed by atoms with Gasteiger partial charge >= 0.3 is 0 Å².